The van der Waals surface area contributed by atoms with Crippen molar-refractivity contribution in [3.05, 3.63) is 75.6 Å². The van der Waals surface area contributed by atoms with E-state index in [4.69, 9.17) is 9.47 Å². The van der Waals surface area contributed by atoms with Gasteiger partial charge in [-0.05, 0) is 64.6 Å². The van der Waals surface area contributed by atoms with E-state index in [9.17, 15) is 9.59 Å². The fraction of sp³-hybridized carbons (Fsp3) is 0.0952. The molecule has 0 saturated carbocycles. The molecule has 2 aromatic carbocycles. The average molecular weight is 503 g/mol. The number of carbonyl (C=O) groups is 2. The van der Waals surface area contributed by atoms with Crippen LogP contribution >= 0.6 is 22.6 Å². The third-order valence-corrected chi connectivity index (χ3v) is 4.71. The van der Waals surface area contributed by atoms with Crippen LogP contribution in [0, 0.1) is 3.57 Å². The van der Waals surface area contributed by atoms with Gasteiger partial charge in [-0.1, -0.05) is 12.1 Å². The molecule has 0 aliphatic heterocycles. The Morgan fingerprint density at radius 1 is 1.14 bits per heavy atom. The van der Waals surface area contributed by atoms with Crippen LogP contribution in [-0.4, -0.2) is 29.8 Å². The van der Waals surface area contributed by atoms with E-state index in [1.807, 2.05) is 63.8 Å². The number of nitrogens with zero attached hydrogens (tertiary/aromatic N) is 2. The van der Waals surface area contributed by atoms with Gasteiger partial charge in [-0.3, -0.25) is 9.59 Å². The van der Waals surface area contributed by atoms with Crippen molar-refractivity contribution in [2.24, 2.45) is 5.10 Å². The number of rotatable bonds is 6. The Balaban J connectivity index is 1.78. The maximum Gasteiger partial charge on any atom is 0.308 e. The summed E-state index contributed by atoms with van der Waals surface area (Å²) >= 11 is 2.04. The number of methoxy groups -OCH3 is 1. The van der Waals surface area contributed by atoms with E-state index in [-0.39, 0.29) is 5.91 Å². The van der Waals surface area contributed by atoms with Gasteiger partial charge >= 0.3 is 5.97 Å². The second-order valence-electron chi connectivity index (χ2n) is 5.93. The van der Waals surface area contributed by atoms with E-state index >= 15 is 0 Å². The molecular weight excluding hydrogens is 485 g/mol. The summed E-state index contributed by atoms with van der Waals surface area (Å²) in [6.07, 6.45) is 5.24. The molecule has 3 rings (SSSR count). The lowest BCUT2D eigenvalue weighted by Gasteiger charge is -2.11. The monoisotopic (exact) mass is 503 g/mol. The first-order valence-corrected chi connectivity index (χ1v) is 9.69. The van der Waals surface area contributed by atoms with Crippen LogP contribution in [-0.2, 0) is 4.79 Å². The fourth-order valence-corrected chi connectivity index (χ4v) is 3.40. The van der Waals surface area contributed by atoms with Crippen LogP contribution in [0.25, 0.3) is 5.69 Å². The van der Waals surface area contributed by atoms with Crippen molar-refractivity contribution in [3.8, 4) is 17.2 Å². The van der Waals surface area contributed by atoms with Crippen molar-refractivity contribution >= 4 is 40.7 Å². The largest absolute Gasteiger partial charge is 0.493 e. The summed E-state index contributed by atoms with van der Waals surface area (Å²) in [6, 6.07) is 14.5. The van der Waals surface area contributed by atoms with Crippen molar-refractivity contribution in [1.29, 1.82) is 0 Å². The van der Waals surface area contributed by atoms with E-state index in [0.29, 0.717) is 26.2 Å². The number of aromatic nitrogens is 1. The Morgan fingerprint density at radius 2 is 1.86 bits per heavy atom. The van der Waals surface area contributed by atoms with Gasteiger partial charge in [-0.15, -0.1) is 0 Å². The van der Waals surface area contributed by atoms with Gasteiger partial charge in [0.1, 0.15) is 0 Å². The van der Waals surface area contributed by atoms with Gasteiger partial charge in [-0.25, -0.2) is 5.43 Å². The lowest BCUT2D eigenvalue weighted by Crippen LogP contribution is -2.19. The van der Waals surface area contributed by atoms with Gasteiger partial charge in [0.05, 0.1) is 28.1 Å². The number of amides is 1. The SMILES string of the molecule is COc1cc(/C=N\NC(=O)c2ccccc2-n2cccc2)cc(I)c1OC(C)=O. The van der Waals surface area contributed by atoms with Crippen LogP contribution in [0.2, 0.25) is 0 Å². The third-order valence-electron chi connectivity index (χ3n) is 3.91. The number of esters is 1. The number of hydrazone groups is 1. The molecular formula is C21H18IN3O4. The minimum absolute atomic E-state index is 0.330. The number of nitrogens with one attached hydrogen (secondary N) is 1. The molecule has 0 saturated heterocycles. The molecule has 29 heavy (non-hydrogen) atoms. The quantitative estimate of drug-likeness (QED) is 0.183. The van der Waals surface area contributed by atoms with Gasteiger partial charge in [-0.2, -0.15) is 5.10 Å². The minimum atomic E-state index is -0.434. The average Bonchev–Trinajstić information content (AvgIpc) is 3.24. The highest BCUT2D eigenvalue weighted by Crippen LogP contribution is 2.33. The van der Waals surface area contributed by atoms with E-state index in [2.05, 4.69) is 10.5 Å². The number of carbonyl (C=O) groups excluding carboxylic acids is 2. The minimum Gasteiger partial charge on any atom is -0.493 e. The molecule has 7 nitrogen and oxygen atoms in total. The third kappa shape index (κ3) is 5.02. The molecule has 1 N–H and O–H groups in total. The first-order chi connectivity index (χ1) is 14.0. The molecule has 0 radical (unpaired) electrons. The number of benzene rings is 2. The molecule has 0 bridgehead atoms. The number of ether oxygens (including phenoxy) is 2. The van der Waals surface area contributed by atoms with Crippen molar-refractivity contribution in [1.82, 2.24) is 9.99 Å². The second-order valence-corrected chi connectivity index (χ2v) is 7.10. The van der Waals surface area contributed by atoms with Gasteiger partial charge in [0, 0.05) is 19.3 Å². The van der Waals surface area contributed by atoms with Gasteiger partial charge in [0.15, 0.2) is 11.5 Å². The highest BCUT2D eigenvalue weighted by molar-refractivity contribution is 14.1. The second kappa shape index (κ2) is 9.37. The van der Waals surface area contributed by atoms with Crippen molar-refractivity contribution in [2.75, 3.05) is 7.11 Å². The molecule has 1 heterocycles. The fourth-order valence-electron chi connectivity index (χ4n) is 2.67. The van der Waals surface area contributed by atoms with Crippen molar-refractivity contribution in [2.45, 2.75) is 6.92 Å². The highest BCUT2D eigenvalue weighted by atomic mass is 127. The summed E-state index contributed by atoms with van der Waals surface area (Å²) in [7, 11) is 1.49. The van der Waals surface area contributed by atoms with Crippen molar-refractivity contribution < 1.29 is 19.1 Å². The molecule has 3 aromatic rings. The lowest BCUT2D eigenvalue weighted by molar-refractivity contribution is -0.132. The van der Waals surface area contributed by atoms with E-state index in [0.717, 1.165) is 5.69 Å². The van der Waals surface area contributed by atoms with Gasteiger partial charge < -0.3 is 14.0 Å². The highest BCUT2D eigenvalue weighted by Gasteiger charge is 2.14. The maximum atomic E-state index is 12.6. The van der Waals surface area contributed by atoms with Gasteiger partial charge in [0.25, 0.3) is 5.91 Å². The molecule has 0 atom stereocenters. The van der Waals surface area contributed by atoms with Crippen LogP contribution in [0.15, 0.2) is 66.0 Å². The summed E-state index contributed by atoms with van der Waals surface area (Å²) in [4.78, 5) is 23.9. The predicted octanol–water partition coefficient (Wildman–Crippen LogP) is 3.78. The topological polar surface area (TPSA) is 81.9 Å². The molecule has 0 unspecified atom stereocenters. The zero-order valence-corrected chi connectivity index (χ0v) is 17.9. The zero-order valence-electron chi connectivity index (χ0n) is 15.8. The first kappa shape index (κ1) is 20.6. The molecule has 0 aliphatic carbocycles. The van der Waals surface area contributed by atoms with Crippen LogP contribution in [0.3, 0.4) is 0 Å². The van der Waals surface area contributed by atoms with E-state index in [1.165, 1.54) is 20.2 Å². The smallest absolute Gasteiger partial charge is 0.308 e. The van der Waals surface area contributed by atoms with Gasteiger partial charge in [0.2, 0.25) is 0 Å². The first-order valence-electron chi connectivity index (χ1n) is 8.61. The normalized spacial score (nSPS) is 10.7. The molecule has 8 heteroatoms. The number of hydrogen-bond donors (Lipinski definition) is 1. The number of hydrogen-bond acceptors (Lipinski definition) is 5. The molecule has 1 amide bonds. The predicted molar refractivity (Wildman–Crippen MR) is 118 cm³/mol. The van der Waals surface area contributed by atoms with Crippen molar-refractivity contribution in [3.63, 3.8) is 0 Å². The Morgan fingerprint density at radius 3 is 2.55 bits per heavy atom. The Kier molecular flexibility index (Phi) is 6.65. The van der Waals surface area contributed by atoms with Crippen LogP contribution in [0.1, 0.15) is 22.8 Å². The lowest BCUT2D eigenvalue weighted by atomic mass is 10.1. The number of para-hydroxylation sites is 1. The summed E-state index contributed by atoms with van der Waals surface area (Å²) in [5, 5.41) is 4.05. The summed E-state index contributed by atoms with van der Waals surface area (Å²) in [5.41, 5.74) is 4.48. The molecule has 0 aliphatic rings. The standard InChI is InChI=1S/C21H18IN3O4/c1-14(26)29-20-17(22)11-15(12-19(20)28-2)13-23-24-21(27)16-7-3-4-8-18(16)25-9-5-6-10-25/h3-13H,1-2H3,(H,24,27)/b23-13-. The molecule has 0 fully saturated rings. The van der Waals surface area contributed by atoms with Crippen LogP contribution in [0.4, 0.5) is 0 Å². The Hall–Kier alpha value is -3.14. The Bertz CT molecular complexity index is 1060. The van der Waals surface area contributed by atoms with E-state index < -0.39 is 5.97 Å². The molecule has 148 valence electrons. The maximum absolute atomic E-state index is 12.6. The summed E-state index contributed by atoms with van der Waals surface area (Å²) in [6.45, 7) is 1.33. The van der Waals surface area contributed by atoms with E-state index in [1.54, 1.807) is 24.3 Å². The molecule has 1 aromatic heterocycles. The Labute approximate surface area is 181 Å². The van der Waals surface area contributed by atoms with Crippen LogP contribution in [0.5, 0.6) is 11.5 Å². The number of halogens is 1. The van der Waals surface area contributed by atoms with Crippen LogP contribution < -0.4 is 14.9 Å². The zero-order chi connectivity index (χ0) is 20.8. The summed E-state index contributed by atoms with van der Waals surface area (Å²) < 4.78 is 13.0. The summed E-state index contributed by atoms with van der Waals surface area (Å²) in [5.74, 6) is -0.0136. The molecule has 0 spiro atoms.